The van der Waals surface area contributed by atoms with Crippen LogP contribution in [0, 0.1) is 0 Å². The Morgan fingerprint density at radius 1 is 2.00 bits per heavy atom. The van der Waals surface area contributed by atoms with Gasteiger partial charge < -0.3 is 0 Å². The molecule has 0 fully saturated rings. The van der Waals surface area contributed by atoms with Gasteiger partial charge in [-0.05, 0) is 0 Å². The van der Waals surface area contributed by atoms with Crippen molar-refractivity contribution >= 4 is 5.78 Å². The molecule has 0 radical (unpaired) electrons. The van der Waals surface area contributed by atoms with Crippen LogP contribution in [0.2, 0.25) is 5.36 Å². The van der Waals surface area contributed by atoms with Gasteiger partial charge in [0.1, 0.15) is 0 Å². The van der Waals surface area contributed by atoms with Crippen molar-refractivity contribution in [2.45, 2.75) is 12.3 Å². The predicted octanol–water partition coefficient (Wildman–Crippen LogP) is 0.540. The third kappa shape index (κ3) is 4.18. The van der Waals surface area contributed by atoms with Crippen LogP contribution in [-0.2, 0) is 20.5 Å². The van der Waals surface area contributed by atoms with Crippen LogP contribution in [0.15, 0.2) is 0 Å². The normalized spacial score (nSPS) is 7.80. The average Bonchev–Trinajstić information content (AvgIpc) is 1.38. The van der Waals surface area contributed by atoms with Gasteiger partial charge in [0, 0.05) is 0 Å². The molecule has 0 rings (SSSR count). The molecule has 0 unspecified atom stereocenters. The van der Waals surface area contributed by atoms with Crippen molar-refractivity contribution in [3.05, 3.63) is 0 Å². The van der Waals surface area contributed by atoms with E-state index in [1.54, 1.807) is 0 Å². The van der Waals surface area contributed by atoms with Gasteiger partial charge in [-0.2, -0.15) is 0 Å². The first-order valence-electron chi connectivity index (χ1n) is 1.29. The number of rotatable bonds is 1. The van der Waals surface area contributed by atoms with Gasteiger partial charge in [0.25, 0.3) is 0 Å². The molecule has 0 aliphatic carbocycles. The van der Waals surface area contributed by atoms with E-state index in [1.807, 2.05) is 0 Å². The fourth-order valence-corrected chi connectivity index (χ4v) is 0. The van der Waals surface area contributed by atoms with Gasteiger partial charge in [-0.25, -0.2) is 0 Å². The minimum atomic E-state index is 0.116. The predicted molar refractivity (Wildman–Crippen MR) is 15.5 cm³/mol. The fraction of sp³-hybridized carbons (Fsp3) is 0.667. The first kappa shape index (κ1) is 5.18. The Kier molecular flexibility index (Phi) is 2.50. The Balaban J connectivity index is 2.85. The summed E-state index contributed by atoms with van der Waals surface area (Å²) in [4.78, 5) is 9.73. The molecular formula is C3H5CoO. The zero-order valence-electron chi connectivity index (χ0n) is 2.95. The van der Waals surface area contributed by atoms with E-state index >= 15 is 0 Å². The van der Waals surface area contributed by atoms with Crippen LogP contribution in [0.5, 0.6) is 0 Å². The molecule has 0 heterocycles. The first-order valence-corrected chi connectivity index (χ1v) is 2.03. The topological polar surface area (TPSA) is 17.1 Å². The van der Waals surface area contributed by atoms with Crippen LogP contribution in [0.4, 0.5) is 0 Å². The van der Waals surface area contributed by atoms with E-state index in [0.717, 1.165) is 0 Å². The Labute approximate surface area is 39.3 Å². The summed E-state index contributed by atoms with van der Waals surface area (Å²) in [5, 5.41) is 0.354. The molecule has 5 heavy (non-hydrogen) atoms. The van der Waals surface area contributed by atoms with Crippen LogP contribution >= 0.6 is 0 Å². The Morgan fingerprint density at radius 2 is 2.20 bits per heavy atom. The van der Waals surface area contributed by atoms with Crippen LogP contribution in [0.1, 0.15) is 6.92 Å². The van der Waals surface area contributed by atoms with Gasteiger partial charge in [0.05, 0.1) is 0 Å². The summed E-state index contributed by atoms with van der Waals surface area (Å²) in [5.74, 6) is 0.116. The molecule has 0 spiro atoms. The molecule has 0 N–H and O–H groups in total. The summed E-state index contributed by atoms with van der Waals surface area (Å²) < 4.78 is 0. The summed E-state index contributed by atoms with van der Waals surface area (Å²) in [7, 11) is 0. The average molecular weight is 116 g/mol. The van der Waals surface area contributed by atoms with Gasteiger partial charge in [0.15, 0.2) is 0 Å². The van der Waals surface area contributed by atoms with Gasteiger partial charge in [-0.3, -0.25) is 0 Å². The SMILES string of the molecule is CC(=O)[CH2][Co]. The number of ketones is 1. The van der Waals surface area contributed by atoms with Crippen molar-refractivity contribution in [2.24, 2.45) is 0 Å². The molecule has 2 heteroatoms. The zero-order chi connectivity index (χ0) is 4.28. The second-order valence-electron chi connectivity index (χ2n) is 0.820. The molecule has 0 atom stereocenters. The molecule has 0 saturated carbocycles. The summed E-state index contributed by atoms with van der Waals surface area (Å²) in [6.45, 7) is 1.51. The second kappa shape index (κ2) is 2.42. The number of carbonyl (C=O) groups excluding carboxylic acids is 1. The van der Waals surface area contributed by atoms with Crippen molar-refractivity contribution in [3.63, 3.8) is 0 Å². The quantitative estimate of drug-likeness (QED) is 0.488. The van der Waals surface area contributed by atoms with Crippen LogP contribution < -0.4 is 0 Å². The van der Waals surface area contributed by atoms with Crippen molar-refractivity contribution in [1.29, 1.82) is 0 Å². The van der Waals surface area contributed by atoms with Crippen LogP contribution in [-0.4, -0.2) is 5.78 Å². The van der Waals surface area contributed by atoms with E-state index in [1.165, 1.54) is 6.92 Å². The third-order valence-corrected chi connectivity index (χ3v) is 0.684. The molecule has 0 saturated heterocycles. The number of Topliss-reactive ketones (excluding diaryl/α,β-unsaturated/α-hetero) is 1. The number of hydrogen-bond donors (Lipinski definition) is 0. The van der Waals surface area contributed by atoms with Gasteiger partial charge in [0.2, 0.25) is 0 Å². The molecule has 0 aromatic heterocycles. The number of carbonyl (C=O) groups is 1. The molecule has 0 aromatic carbocycles. The fourth-order valence-electron chi connectivity index (χ4n) is 0. The van der Waals surface area contributed by atoms with E-state index in [4.69, 9.17) is 0 Å². The Hall–Kier alpha value is 0.176. The first-order chi connectivity index (χ1) is 2.27. The van der Waals surface area contributed by atoms with Crippen molar-refractivity contribution in [2.75, 3.05) is 0 Å². The molecule has 1 nitrogen and oxygen atoms in total. The number of hydrogen-bond acceptors (Lipinski definition) is 1. The van der Waals surface area contributed by atoms with Gasteiger partial charge in [-0.1, -0.05) is 0 Å². The van der Waals surface area contributed by atoms with Gasteiger partial charge in [-0.15, -0.1) is 0 Å². The van der Waals surface area contributed by atoms with Crippen LogP contribution in [0.25, 0.3) is 0 Å². The summed E-state index contributed by atoms with van der Waals surface area (Å²) >= 11 is 3.71. The minimum absolute atomic E-state index is 0.116. The van der Waals surface area contributed by atoms with Gasteiger partial charge >= 0.3 is 38.6 Å². The summed E-state index contributed by atoms with van der Waals surface area (Å²) in [5.41, 5.74) is 0. The Bertz CT molecular complexity index is 42.2. The Morgan fingerprint density at radius 3 is 2.20 bits per heavy atom. The van der Waals surface area contributed by atoms with Crippen molar-refractivity contribution in [3.8, 4) is 0 Å². The maximum atomic E-state index is 9.73. The molecule has 0 aliphatic heterocycles. The monoisotopic (exact) mass is 116 g/mol. The standard InChI is InChI=1S/C3H5O.Co/c1-3(2)4;/h1H2,2H3;. The molecule has 0 amide bonds. The van der Waals surface area contributed by atoms with Crippen LogP contribution in [0.3, 0.4) is 0 Å². The molecule has 0 bridgehead atoms. The summed E-state index contributed by atoms with van der Waals surface area (Å²) in [6.07, 6.45) is 0. The van der Waals surface area contributed by atoms with E-state index in [9.17, 15) is 4.79 Å². The third-order valence-electron chi connectivity index (χ3n) is 0.166. The van der Waals surface area contributed by atoms with E-state index in [2.05, 4.69) is 15.7 Å². The summed E-state index contributed by atoms with van der Waals surface area (Å²) in [6, 6.07) is 0. The van der Waals surface area contributed by atoms with E-state index < -0.39 is 0 Å². The molecule has 0 aromatic rings. The maximum absolute atomic E-state index is 9.73. The molecular weight excluding hydrogens is 111 g/mol. The molecule has 32 valence electrons. The van der Waals surface area contributed by atoms with E-state index in [-0.39, 0.29) is 5.78 Å². The van der Waals surface area contributed by atoms with E-state index in [0.29, 0.717) is 5.36 Å². The second-order valence-corrected chi connectivity index (χ2v) is 1.19. The van der Waals surface area contributed by atoms with Crippen molar-refractivity contribution in [1.82, 2.24) is 0 Å². The zero-order valence-corrected chi connectivity index (χ0v) is 3.99. The van der Waals surface area contributed by atoms with Crippen molar-refractivity contribution < 1.29 is 20.5 Å². The molecule has 0 aliphatic rings.